The summed E-state index contributed by atoms with van der Waals surface area (Å²) in [5.74, 6) is -0.279. The lowest BCUT2D eigenvalue weighted by Gasteiger charge is -2.26. The Hall–Kier alpha value is -0.940. The number of hydrogen-bond donors (Lipinski definition) is 1. The number of hydrogen-bond acceptors (Lipinski definition) is 4. The Bertz CT molecular complexity index is 403. The summed E-state index contributed by atoms with van der Waals surface area (Å²) in [6.45, 7) is 6.37. The second-order valence-electron chi connectivity index (χ2n) is 4.87. The topological polar surface area (TPSA) is 53.4 Å². The molecule has 0 spiro atoms. The Morgan fingerprint density at radius 2 is 2.47 bits per heavy atom. The van der Waals surface area contributed by atoms with Crippen LogP contribution in [-0.4, -0.2) is 33.5 Å². The van der Waals surface area contributed by atoms with Crippen molar-refractivity contribution in [3.05, 3.63) is 16.1 Å². The Morgan fingerprint density at radius 3 is 3.06 bits per heavy atom. The van der Waals surface area contributed by atoms with E-state index in [-0.39, 0.29) is 5.01 Å². The lowest BCUT2D eigenvalue weighted by Crippen LogP contribution is -2.32. The van der Waals surface area contributed by atoms with Gasteiger partial charge in [0.15, 0.2) is 0 Å². The van der Waals surface area contributed by atoms with Gasteiger partial charge < -0.3 is 5.11 Å². The molecule has 1 N–H and O–H groups in total. The third kappa shape index (κ3) is 2.84. The van der Waals surface area contributed by atoms with E-state index in [1.807, 2.05) is 5.38 Å². The molecule has 0 aromatic carbocycles. The number of carbonyl (C=O) groups is 1. The summed E-state index contributed by atoms with van der Waals surface area (Å²) >= 11 is 1.21. The monoisotopic (exact) mass is 254 g/mol. The van der Waals surface area contributed by atoms with Crippen molar-refractivity contribution in [2.45, 2.75) is 39.3 Å². The molecule has 0 bridgehead atoms. The molecule has 0 radical (unpaired) electrons. The highest BCUT2D eigenvalue weighted by Gasteiger charge is 2.27. The highest BCUT2D eigenvalue weighted by molar-refractivity contribution is 7.11. The first-order valence-electron chi connectivity index (χ1n) is 5.99. The first kappa shape index (κ1) is 12.5. The number of aromatic nitrogens is 1. The van der Waals surface area contributed by atoms with Gasteiger partial charge in [0.1, 0.15) is 0 Å². The van der Waals surface area contributed by atoms with Gasteiger partial charge in [0.05, 0.1) is 5.69 Å². The first-order chi connectivity index (χ1) is 8.08. The van der Waals surface area contributed by atoms with E-state index in [0.29, 0.717) is 12.0 Å². The molecule has 0 saturated carbocycles. The Morgan fingerprint density at radius 1 is 1.71 bits per heavy atom. The van der Waals surface area contributed by atoms with Crippen molar-refractivity contribution in [2.24, 2.45) is 5.92 Å². The summed E-state index contributed by atoms with van der Waals surface area (Å²) < 4.78 is 0. The number of carboxylic acids is 1. The van der Waals surface area contributed by atoms with Crippen LogP contribution in [0.1, 0.15) is 42.2 Å². The van der Waals surface area contributed by atoms with Crippen molar-refractivity contribution in [3.8, 4) is 0 Å². The SMILES string of the molecule is CC(C)C1CCCN1Cc1csc(C(=O)O)n1. The van der Waals surface area contributed by atoms with Crippen molar-refractivity contribution < 1.29 is 9.90 Å². The van der Waals surface area contributed by atoms with E-state index in [2.05, 4.69) is 23.7 Å². The van der Waals surface area contributed by atoms with Gasteiger partial charge in [-0.2, -0.15) is 0 Å². The normalized spacial score (nSPS) is 21.2. The average Bonchev–Trinajstić information content (AvgIpc) is 2.86. The van der Waals surface area contributed by atoms with E-state index in [4.69, 9.17) is 5.11 Å². The van der Waals surface area contributed by atoms with Gasteiger partial charge in [0.2, 0.25) is 5.01 Å². The highest BCUT2D eigenvalue weighted by atomic mass is 32.1. The molecule has 1 aromatic heterocycles. The smallest absolute Gasteiger partial charge is 0.365 e. The quantitative estimate of drug-likeness (QED) is 0.896. The third-order valence-electron chi connectivity index (χ3n) is 3.28. The summed E-state index contributed by atoms with van der Waals surface area (Å²) in [6, 6.07) is 0.616. The second kappa shape index (κ2) is 5.14. The van der Waals surface area contributed by atoms with Crippen LogP contribution in [0, 0.1) is 5.92 Å². The Kier molecular flexibility index (Phi) is 3.79. The summed E-state index contributed by atoms with van der Waals surface area (Å²) in [5, 5.41) is 10.9. The minimum absolute atomic E-state index is 0.195. The van der Waals surface area contributed by atoms with Crippen molar-refractivity contribution >= 4 is 17.3 Å². The molecule has 1 aromatic rings. The van der Waals surface area contributed by atoms with Crippen molar-refractivity contribution in [2.75, 3.05) is 6.54 Å². The van der Waals surface area contributed by atoms with Crippen LogP contribution in [0.25, 0.3) is 0 Å². The van der Waals surface area contributed by atoms with E-state index in [0.717, 1.165) is 18.8 Å². The van der Waals surface area contributed by atoms with E-state index in [9.17, 15) is 4.79 Å². The zero-order valence-corrected chi connectivity index (χ0v) is 11.0. The second-order valence-corrected chi connectivity index (χ2v) is 5.73. The fourth-order valence-electron chi connectivity index (χ4n) is 2.49. The summed E-state index contributed by atoms with van der Waals surface area (Å²) in [5.41, 5.74) is 0.889. The van der Waals surface area contributed by atoms with E-state index >= 15 is 0 Å². The van der Waals surface area contributed by atoms with Gasteiger partial charge in [0, 0.05) is 18.0 Å². The highest BCUT2D eigenvalue weighted by Crippen LogP contribution is 2.25. The molecule has 1 unspecified atom stereocenters. The number of nitrogens with zero attached hydrogens (tertiary/aromatic N) is 2. The predicted molar refractivity (Wildman–Crippen MR) is 67.3 cm³/mol. The van der Waals surface area contributed by atoms with E-state index in [1.54, 1.807) is 0 Å². The van der Waals surface area contributed by atoms with Crippen LogP contribution in [-0.2, 0) is 6.54 Å². The minimum Gasteiger partial charge on any atom is -0.476 e. The number of aromatic carboxylic acids is 1. The lowest BCUT2D eigenvalue weighted by molar-refractivity contribution is 0.0696. The van der Waals surface area contributed by atoms with Gasteiger partial charge in [-0.1, -0.05) is 13.8 Å². The van der Waals surface area contributed by atoms with Crippen molar-refractivity contribution in [1.82, 2.24) is 9.88 Å². The summed E-state index contributed by atoms with van der Waals surface area (Å²) in [6.07, 6.45) is 2.48. The van der Waals surface area contributed by atoms with E-state index in [1.165, 1.54) is 24.2 Å². The maximum atomic E-state index is 10.8. The molecule has 5 heteroatoms. The molecule has 1 atom stereocenters. The van der Waals surface area contributed by atoms with Gasteiger partial charge in [-0.05, 0) is 25.3 Å². The Labute approximate surface area is 105 Å². The molecule has 4 nitrogen and oxygen atoms in total. The summed E-state index contributed by atoms with van der Waals surface area (Å²) in [4.78, 5) is 17.3. The molecule has 1 fully saturated rings. The minimum atomic E-state index is -0.928. The van der Waals surface area contributed by atoms with Crippen LogP contribution in [0.15, 0.2) is 5.38 Å². The standard InChI is InChI=1S/C12H18N2O2S/c1-8(2)10-4-3-5-14(10)6-9-7-17-11(13-9)12(15)16/h7-8,10H,3-6H2,1-2H3,(H,15,16). The van der Waals surface area contributed by atoms with Crippen LogP contribution in [0.2, 0.25) is 0 Å². The first-order valence-corrected chi connectivity index (χ1v) is 6.87. The molecule has 2 heterocycles. The van der Waals surface area contributed by atoms with Crippen molar-refractivity contribution in [1.29, 1.82) is 0 Å². The average molecular weight is 254 g/mol. The predicted octanol–water partition coefficient (Wildman–Crippen LogP) is 2.46. The molecule has 2 rings (SSSR count). The largest absolute Gasteiger partial charge is 0.476 e. The van der Waals surface area contributed by atoms with Crippen LogP contribution >= 0.6 is 11.3 Å². The van der Waals surface area contributed by atoms with E-state index < -0.39 is 5.97 Å². The zero-order valence-electron chi connectivity index (χ0n) is 10.2. The lowest BCUT2D eigenvalue weighted by atomic mass is 10.0. The third-order valence-corrected chi connectivity index (χ3v) is 4.16. The fraction of sp³-hybridized carbons (Fsp3) is 0.667. The molecule has 1 aliphatic rings. The fourth-order valence-corrected chi connectivity index (χ4v) is 3.13. The number of rotatable bonds is 4. The Balaban J connectivity index is 2.02. The maximum absolute atomic E-state index is 10.8. The van der Waals surface area contributed by atoms with Gasteiger partial charge in [-0.25, -0.2) is 9.78 Å². The molecule has 17 heavy (non-hydrogen) atoms. The van der Waals surface area contributed by atoms with Gasteiger partial charge in [-0.3, -0.25) is 4.90 Å². The van der Waals surface area contributed by atoms with Crippen LogP contribution < -0.4 is 0 Å². The number of carboxylic acid groups (broad SMARTS) is 1. The summed E-state index contributed by atoms with van der Waals surface area (Å²) in [7, 11) is 0. The van der Waals surface area contributed by atoms with Gasteiger partial charge in [-0.15, -0.1) is 11.3 Å². The molecule has 94 valence electrons. The van der Waals surface area contributed by atoms with Crippen LogP contribution in [0.3, 0.4) is 0 Å². The molecule has 1 saturated heterocycles. The molecular formula is C12H18N2O2S. The zero-order chi connectivity index (χ0) is 12.4. The molecular weight excluding hydrogens is 236 g/mol. The molecule has 0 aliphatic carbocycles. The molecule has 0 amide bonds. The molecule has 1 aliphatic heterocycles. The number of thiazole rings is 1. The number of likely N-dealkylation sites (tertiary alicyclic amines) is 1. The van der Waals surface area contributed by atoms with Crippen LogP contribution in [0.5, 0.6) is 0 Å². The van der Waals surface area contributed by atoms with Crippen molar-refractivity contribution in [3.63, 3.8) is 0 Å². The van der Waals surface area contributed by atoms with Gasteiger partial charge in [0.25, 0.3) is 0 Å². The van der Waals surface area contributed by atoms with Crippen LogP contribution in [0.4, 0.5) is 0 Å². The van der Waals surface area contributed by atoms with Gasteiger partial charge >= 0.3 is 5.97 Å². The maximum Gasteiger partial charge on any atom is 0.365 e.